The van der Waals surface area contributed by atoms with E-state index < -0.39 is 0 Å². The van der Waals surface area contributed by atoms with Crippen LogP contribution in [0.1, 0.15) is 20.3 Å². The van der Waals surface area contributed by atoms with E-state index in [1.807, 2.05) is 0 Å². The molecule has 15 heavy (non-hydrogen) atoms. The summed E-state index contributed by atoms with van der Waals surface area (Å²) in [6.45, 7) is 7.39. The lowest BCUT2D eigenvalue weighted by molar-refractivity contribution is -0.134. The lowest BCUT2D eigenvalue weighted by Gasteiger charge is -2.22. The largest absolute Gasteiger partial charge is 0.366 e. The molecule has 2 rings (SSSR count). The first kappa shape index (κ1) is 10.9. The van der Waals surface area contributed by atoms with Gasteiger partial charge in [0.15, 0.2) is 0 Å². The molecule has 2 fully saturated rings. The Hall–Kier alpha value is -0.610. The van der Waals surface area contributed by atoms with E-state index in [1.165, 1.54) is 6.42 Å². The van der Waals surface area contributed by atoms with Crippen molar-refractivity contribution in [3.8, 4) is 0 Å². The molecule has 1 aliphatic heterocycles. The Morgan fingerprint density at radius 1 is 1.60 bits per heavy atom. The summed E-state index contributed by atoms with van der Waals surface area (Å²) in [6.07, 6.45) is 0.928. The molecule has 0 spiro atoms. The highest BCUT2D eigenvalue weighted by molar-refractivity contribution is 5.81. The number of morpholine rings is 1. The molecule has 1 unspecified atom stereocenters. The first-order chi connectivity index (χ1) is 7.09. The molecule has 0 bridgehead atoms. The molecule has 1 heterocycles. The smallest absolute Gasteiger partial charge is 0.250 e. The van der Waals surface area contributed by atoms with Crippen LogP contribution in [0.4, 0.5) is 0 Å². The van der Waals surface area contributed by atoms with E-state index in [-0.39, 0.29) is 12.0 Å². The van der Waals surface area contributed by atoms with Gasteiger partial charge in [-0.05, 0) is 17.8 Å². The van der Waals surface area contributed by atoms with Crippen LogP contribution in [-0.2, 0) is 9.53 Å². The van der Waals surface area contributed by atoms with Crippen LogP contribution in [0.5, 0.6) is 0 Å². The molecule has 0 aromatic heterocycles. The molecule has 2 atom stereocenters. The molecule has 2 aliphatic rings. The Kier molecular flexibility index (Phi) is 2.98. The van der Waals surface area contributed by atoms with Gasteiger partial charge >= 0.3 is 0 Å². The van der Waals surface area contributed by atoms with Crippen LogP contribution in [0.25, 0.3) is 0 Å². The Morgan fingerprint density at radius 2 is 2.33 bits per heavy atom. The summed E-state index contributed by atoms with van der Waals surface area (Å²) in [7, 11) is 0. The molecule has 2 N–H and O–H groups in total. The van der Waals surface area contributed by atoms with Crippen molar-refractivity contribution in [3.05, 3.63) is 0 Å². The number of hydrogen-bond acceptors (Lipinski definition) is 3. The normalized spacial score (nSPS) is 33.5. The van der Waals surface area contributed by atoms with Gasteiger partial charge in [-0.3, -0.25) is 4.79 Å². The molecule has 1 amide bonds. The second-order valence-electron chi connectivity index (χ2n) is 5.20. The predicted molar refractivity (Wildman–Crippen MR) is 57.5 cm³/mol. The molecule has 4 heteroatoms. The van der Waals surface area contributed by atoms with Crippen LogP contribution in [0, 0.1) is 11.3 Å². The molecule has 1 saturated carbocycles. The summed E-state index contributed by atoms with van der Waals surface area (Å²) in [6, 6.07) is 0. The second kappa shape index (κ2) is 4.10. The molecule has 1 aliphatic carbocycles. The number of rotatable bonds is 3. The van der Waals surface area contributed by atoms with Crippen molar-refractivity contribution in [2.24, 2.45) is 11.3 Å². The first-order valence-corrected chi connectivity index (χ1v) is 5.69. The Labute approximate surface area is 90.8 Å². The van der Waals surface area contributed by atoms with E-state index >= 15 is 0 Å². The maximum atomic E-state index is 11.7. The van der Waals surface area contributed by atoms with E-state index in [4.69, 9.17) is 4.74 Å². The quantitative estimate of drug-likeness (QED) is 0.699. The highest BCUT2D eigenvalue weighted by atomic mass is 16.5. The standard InChI is InChI=1S/C11H20N2O2/c1-11(2)5-8(11)6-13-10(14)9-7-12-3-4-15-9/h8-9,12H,3-7H2,1-2H3,(H,13,14)/t8?,9-/m0/s1. The van der Waals surface area contributed by atoms with E-state index in [9.17, 15) is 4.79 Å². The number of carbonyl (C=O) groups is 1. The van der Waals surface area contributed by atoms with Crippen molar-refractivity contribution in [1.82, 2.24) is 10.6 Å². The predicted octanol–water partition coefficient (Wildman–Crippen LogP) is 0.137. The third-order valence-electron chi connectivity index (χ3n) is 3.46. The fraction of sp³-hybridized carbons (Fsp3) is 0.909. The minimum absolute atomic E-state index is 0.0323. The van der Waals surface area contributed by atoms with Crippen molar-refractivity contribution in [3.63, 3.8) is 0 Å². The lowest BCUT2D eigenvalue weighted by atomic mass is 10.1. The topological polar surface area (TPSA) is 50.4 Å². The second-order valence-corrected chi connectivity index (χ2v) is 5.20. The molecule has 0 aromatic rings. The zero-order valence-electron chi connectivity index (χ0n) is 9.51. The molecule has 1 saturated heterocycles. The van der Waals surface area contributed by atoms with Gasteiger partial charge in [-0.1, -0.05) is 13.8 Å². The molecular formula is C11H20N2O2. The molecule has 0 aromatic carbocycles. The summed E-state index contributed by atoms with van der Waals surface area (Å²) in [5.74, 6) is 0.683. The average Bonchev–Trinajstić information content (AvgIpc) is 2.84. The molecule has 4 nitrogen and oxygen atoms in total. The van der Waals surface area contributed by atoms with Crippen molar-refractivity contribution >= 4 is 5.91 Å². The lowest BCUT2D eigenvalue weighted by Crippen LogP contribution is -2.48. The van der Waals surface area contributed by atoms with Crippen molar-refractivity contribution in [1.29, 1.82) is 0 Å². The van der Waals surface area contributed by atoms with Gasteiger partial charge in [0.1, 0.15) is 6.10 Å². The summed E-state index contributed by atoms with van der Waals surface area (Å²) in [5.41, 5.74) is 0.430. The zero-order chi connectivity index (χ0) is 10.9. The number of nitrogens with one attached hydrogen (secondary N) is 2. The van der Waals surface area contributed by atoms with Gasteiger partial charge in [-0.25, -0.2) is 0 Å². The van der Waals surface area contributed by atoms with Gasteiger partial charge < -0.3 is 15.4 Å². The van der Waals surface area contributed by atoms with Gasteiger partial charge in [0.25, 0.3) is 0 Å². The Balaban J connectivity index is 1.68. The van der Waals surface area contributed by atoms with Crippen LogP contribution < -0.4 is 10.6 Å². The zero-order valence-corrected chi connectivity index (χ0v) is 9.51. The van der Waals surface area contributed by atoms with Gasteiger partial charge in [0.2, 0.25) is 5.91 Å². The van der Waals surface area contributed by atoms with Crippen LogP contribution in [0.15, 0.2) is 0 Å². The van der Waals surface area contributed by atoms with Gasteiger partial charge in [-0.2, -0.15) is 0 Å². The maximum Gasteiger partial charge on any atom is 0.250 e. The van der Waals surface area contributed by atoms with Crippen molar-refractivity contribution < 1.29 is 9.53 Å². The number of amides is 1. The van der Waals surface area contributed by atoms with Crippen LogP contribution in [0.3, 0.4) is 0 Å². The summed E-state index contributed by atoms with van der Waals surface area (Å²) in [5, 5.41) is 6.12. The highest BCUT2D eigenvalue weighted by Gasteiger charge is 2.45. The number of carbonyl (C=O) groups excluding carboxylic acids is 1. The third kappa shape index (κ3) is 2.69. The number of hydrogen-bond donors (Lipinski definition) is 2. The van der Waals surface area contributed by atoms with Crippen molar-refractivity contribution in [2.75, 3.05) is 26.2 Å². The van der Waals surface area contributed by atoms with E-state index in [2.05, 4.69) is 24.5 Å². The van der Waals surface area contributed by atoms with E-state index in [0.717, 1.165) is 13.1 Å². The minimum atomic E-state index is -0.291. The summed E-state index contributed by atoms with van der Waals surface area (Å²) < 4.78 is 5.37. The Morgan fingerprint density at radius 3 is 2.87 bits per heavy atom. The molecule has 86 valence electrons. The summed E-state index contributed by atoms with van der Waals surface area (Å²) in [4.78, 5) is 11.7. The minimum Gasteiger partial charge on any atom is -0.366 e. The van der Waals surface area contributed by atoms with E-state index in [1.54, 1.807) is 0 Å². The van der Waals surface area contributed by atoms with Crippen LogP contribution in [0.2, 0.25) is 0 Å². The highest BCUT2D eigenvalue weighted by Crippen LogP contribution is 2.50. The SMILES string of the molecule is CC1(C)CC1CNC(=O)[C@@H]1CNCCO1. The molecule has 0 radical (unpaired) electrons. The van der Waals surface area contributed by atoms with Gasteiger partial charge in [-0.15, -0.1) is 0 Å². The molecular weight excluding hydrogens is 192 g/mol. The third-order valence-corrected chi connectivity index (χ3v) is 3.46. The number of ether oxygens (including phenoxy) is 1. The Bertz CT molecular complexity index is 247. The average molecular weight is 212 g/mol. The maximum absolute atomic E-state index is 11.7. The van der Waals surface area contributed by atoms with Gasteiger partial charge in [0, 0.05) is 19.6 Å². The van der Waals surface area contributed by atoms with Crippen molar-refractivity contribution in [2.45, 2.75) is 26.4 Å². The van der Waals surface area contributed by atoms with Crippen LogP contribution in [-0.4, -0.2) is 38.3 Å². The fourth-order valence-corrected chi connectivity index (χ4v) is 2.00. The fourth-order valence-electron chi connectivity index (χ4n) is 2.00. The first-order valence-electron chi connectivity index (χ1n) is 5.69. The van der Waals surface area contributed by atoms with Gasteiger partial charge in [0.05, 0.1) is 6.61 Å². The van der Waals surface area contributed by atoms with Crippen LogP contribution >= 0.6 is 0 Å². The summed E-state index contributed by atoms with van der Waals surface area (Å²) >= 11 is 0. The van der Waals surface area contributed by atoms with E-state index in [0.29, 0.717) is 24.5 Å². The monoisotopic (exact) mass is 212 g/mol.